The van der Waals surface area contributed by atoms with Crippen molar-refractivity contribution < 1.29 is 32.2 Å². The maximum atomic E-state index is 14.2. The summed E-state index contributed by atoms with van der Waals surface area (Å²) in [4.78, 5) is 29.2. The summed E-state index contributed by atoms with van der Waals surface area (Å²) in [6.07, 6.45) is 1.25. The van der Waals surface area contributed by atoms with Crippen LogP contribution in [-0.2, 0) is 32.6 Å². The molecule has 1 N–H and O–H groups in total. The summed E-state index contributed by atoms with van der Waals surface area (Å²) in [7, 11) is 0.528. The second-order valence-electron chi connectivity index (χ2n) is 10.1. The number of carbonyl (C=O) groups is 2. The molecule has 0 spiro atoms. The van der Waals surface area contributed by atoms with Gasteiger partial charge in [0.15, 0.2) is 11.5 Å². The molecular weight excluding hydrogens is 558 g/mol. The number of nitrogens with one attached hydrogen (secondary N) is 1. The van der Waals surface area contributed by atoms with Crippen LogP contribution in [-0.4, -0.2) is 71.3 Å². The monoisotopic (exact) mass is 597 g/mol. The summed E-state index contributed by atoms with van der Waals surface area (Å²) in [5.74, 6) is 0.408. The summed E-state index contributed by atoms with van der Waals surface area (Å²) in [6, 6.07) is 20.0. The van der Waals surface area contributed by atoms with Gasteiger partial charge in [0.2, 0.25) is 21.8 Å². The summed E-state index contributed by atoms with van der Waals surface area (Å²) in [6.45, 7) is 3.18. The van der Waals surface area contributed by atoms with Crippen LogP contribution in [0.5, 0.6) is 17.2 Å². The van der Waals surface area contributed by atoms with Crippen LogP contribution in [0.25, 0.3) is 0 Å². The molecule has 0 heterocycles. The van der Waals surface area contributed by atoms with Gasteiger partial charge in [0.05, 0.1) is 33.3 Å². The summed E-state index contributed by atoms with van der Waals surface area (Å²) in [5, 5.41) is 2.93. The lowest BCUT2D eigenvalue weighted by Gasteiger charge is -2.34. The Labute approximate surface area is 248 Å². The average molecular weight is 598 g/mol. The van der Waals surface area contributed by atoms with Crippen LogP contribution < -0.4 is 23.8 Å². The zero-order valence-electron chi connectivity index (χ0n) is 24.9. The SMILES string of the molecule is COc1cccc(CN(C(=O)CN(c2ccc(OC)c(OC)c2)S(C)(=O)=O)[C@H](Cc2ccccc2)C(=O)NC(C)C)c1. The molecule has 3 aromatic carbocycles. The average Bonchev–Trinajstić information content (AvgIpc) is 2.96. The summed E-state index contributed by atoms with van der Waals surface area (Å²) in [5.41, 5.74) is 1.79. The van der Waals surface area contributed by atoms with Gasteiger partial charge in [-0.1, -0.05) is 42.5 Å². The first kappa shape index (κ1) is 32.3. The standard InChI is InChI=1S/C31H39N3O7S/c1-22(2)32-31(36)27(18-23-11-8-7-9-12-23)33(20-24-13-10-14-26(17-24)39-3)30(35)21-34(42(6,37)38)25-15-16-28(40-4)29(19-25)41-5/h7-17,19,22,27H,18,20-21H2,1-6H3,(H,32,36)/t27-/m1/s1. The van der Waals surface area contributed by atoms with Crippen molar-refractivity contribution in [2.45, 2.75) is 38.9 Å². The van der Waals surface area contributed by atoms with Crippen molar-refractivity contribution in [2.75, 3.05) is 38.4 Å². The van der Waals surface area contributed by atoms with Crippen molar-refractivity contribution in [3.8, 4) is 17.2 Å². The third-order valence-electron chi connectivity index (χ3n) is 6.52. The highest BCUT2D eigenvalue weighted by Crippen LogP contribution is 2.32. The van der Waals surface area contributed by atoms with Gasteiger partial charge in [0.1, 0.15) is 18.3 Å². The van der Waals surface area contributed by atoms with Crippen molar-refractivity contribution in [3.05, 3.63) is 83.9 Å². The Balaban J connectivity index is 2.09. The number of hydrogen-bond donors (Lipinski definition) is 1. The van der Waals surface area contributed by atoms with Crippen LogP contribution in [0.15, 0.2) is 72.8 Å². The van der Waals surface area contributed by atoms with Crippen LogP contribution >= 0.6 is 0 Å². The first-order chi connectivity index (χ1) is 20.0. The van der Waals surface area contributed by atoms with Crippen LogP contribution in [0.4, 0.5) is 5.69 Å². The molecule has 0 fully saturated rings. The number of anilines is 1. The molecule has 3 rings (SSSR count). The number of rotatable bonds is 14. The molecule has 42 heavy (non-hydrogen) atoms. The lowest BCUT2D eigenvalue weighted by molar-refractivity contribution is -0.140. The third kappa shape index (κ3) is 8.62. The van der Waals surface area contributed by atoms with E-state index in [0.717, 1.165) is 21.7 Å². The number of nitrogens with zero attached hydrogens (tertiary/aromatic N) is 2. The minimum atomic E-state index is -3.93. The number of benzene rings is 3. The van der Waals surface area contributed by atoms with Gasteiger partial charge in [-0.25, -0.2) is 8.42 Å². The van der Waals surface area contributed by atoms with Gasteiger partial charge in [0, 0.05) is 25.1 Å². The Morgan fingerprint density at radius 1 is 0.833 bits per heavy atom. The van der Waals surface area contributed by atoms with E-state index in [0.29, 0.717) is 17.2 Å². The number of amides is 2. The summed E-state index contributed by atoms with van der Waals surface area (Å²) < 4.78 is 43.0. The van der Waals surface area contributed by atoms with E-state index in [1.54, 1.807) is 31.4 Å². The largest absolute Gasteiger partial charge is 0.497 e. The van der Waals surface area contributed by atoms with Crippen molar-refractivity contribution >= 4 is 27.5 Å². The van der Waals surface area contributed by atoms with Crippen molar-refractivity contribution in [1.29, 1.82) is 0 Å². The zero-order valence-corrected chi connectivity index (χ0v) is 25.7. The molecule has 2 amide bonds. The van der Waals surface area contributed by atoms with E-state index in [4.69, 9.17) is 14.2 Å². The normalized spacial score (nSPS) is 11.9. The highest BCUT2D eigenvalue weighted by atomic mass is 32.2. The Bertz CT molecular complexity index is 1460. The van der Waals surface area contributed by atoms with E-state index in [1.807, 2.05) is 50.2 Å². The van der Waals surface area contributed by atoms with Gasteiger partial charge in [-0.05, 0) is 49.2 Å². The Hall–Kier alpha value is -4.25. The molecule has 0 aliphatic carbocycles. The summed E-state index contributed by atoms with van der Waals surface area (Å²) >= 11 is 0. The molecule has 0 bridgehead atoms. The molecule has 3 aromatic rings. The Kier molecular flexibility index (Phi) is 11.2. The first-order valence-electron chi connectivity index (χ1n) is 13.4. The van der Waals surface area contributed by atoms with Crippen LogP contribution in [0.1, 0.15) is 25.0 Å². The lowest BCUT2D eigenvalue weighted by Crippen LogP contribution is -2.54. The number of ether oxygens (including phenoxy) is 3. The first-order valence-corrected chi connectivity index (χ1v) is 15.3. The topological polar surface area (TPSA) is 114 Å². The Morgan fingerprint density at radius 2 is 1.50 bits per heavy atom. The minimum absolute atomic E-state index is 0.0442. The fourth-order valence-electron chi connectivity index (χ4n) is 4.50. The number of methoxy groups -OCH3 is 3. The predicted molar refractivity (Wildman–Crippen MR) is 162 cm³/mol. The quantitative estimate of drug-likeness (QED) is 0.302. The van der Waals surface area contributed by atoms with Crippen molar-refractivity contribution in [2.24, 2.45) is 0 Å². The van der Waals surface area contributed by atoms with E-state index in [-0.39, 0.29) is 30.6 Å². The highest BCUT2D eigenvalue weighted by molar-refractivity contribution is 7.92. The van der Waals surface area contributed by atoms with E-state index in [2.05, 4.69) is 5.32 Å². The van der Waals surface area contributed by atoms with Crippen LogP contribution in [0, 0.1) is 0 Å². The maximum Gasteiger partial charge on any atom is 0.244 e. The lowest BCUT2D eigenvalue weighted by atomic mass is 10.0. The van der Waals surface area contributed by atoms with E-state index >= 15 is 0 Å². The molecule has 0 aliphatic heterocycles. The fourth-order valence-corrected chi connectivity index (χ4v) is 5.34. The van der Waals surface area contributed by atoms with Gasteiger partial charge in [-0.15, -0.1) is 0 Å². The van der Waals surface area contributed by atoms with Crippen LogP contribution in [0.3, 0.4) is 0 Å². The molecule has 0 aromatic heterocycles. The van der Waals surface area contributed by atoms with Gasteiger partial charge in [-0.2, -0.15) is 0 Å². The molecule has 0 unspecified atom stereocenters. The third-order valence-corrected chi connectivity index (χ3v) is 7.66. The Morgan fingerprint density at radius 3 is 2.10 bits per heavy atom. The molecule has 0 aliphatic rings. The maximum absolute atomic E-state index is 14.2. The number of hydrogen-bond acceptors (Lipinski definition) is 7. The minimum Gasteiger partial charge on any atom is -0.497 e. The molecule has 10 nitrogen and oxygen atoms in total. The van der Waals surface area contributed by atoms with Gasteiger partial charge in [-0.3, -0.25) is 13.9 Å². The van der Waals surface area contributed by atoms with Gasteiger partial charge in [0.25, 0.3) is 0 Å². The van der Waals surface area contributed by atoms with Crippen molar-refractivity contribution in [1.82, 2.24) is 10.2 Å². The fraction of sp³-hybridized carbons (Fsp3) is 0.355. The molecule has 0 saturated heterocycles. The molecule has 1 atom stereocenters. The molecule has 226 valence electrons. The smallest absolute Gasteiger partial charge is 0.244 e. The zero-order chi connectivity index (χ0) is 30.9. The van der Waals surface area contributed by atoms with Crippen molar-refractivity contribution in [3.63, 3.8) is 0 Å². The van der Waals surface area contributed by atoms with E-state index in [9.17, 15) is 18.0 Å². The molecule has 0 saturated carbocycles. The molecule has 11 heteroatoms. The highest BCUT2D eigenvalue weighted by Gasteiger charge is 2.33. The van der Waals surface area contributed by atoms with E-state index in [1.165, 1.54) is 31.3 Å². The second-order valence-corrected chi connectivity index (χ2v) is 12.0. The predicted octanol–water partition coefficient (Wildman–Crippen LogP) is 3.64. The number of carbonyl (C=O) groups excluding carboxylic acids is 2. The second kappa shape index (κ2) is 14.6. The molecular formula is C31H39N3O7S. The van der Waals surface area contributed by atoms with E-state index < -0.39 is 28.5 Å². The van der Waals surface area contributed by atoms with Crippen LogP contribution in [0.2, 0.25) is 0 Å². The van der Waals surface area contributed by atoms with Gasteiger partial charge < -0.3 is 24.4 Å². The number of sulfonamides is 1. The van der Waals surface area contributed by atoms with Gasteiger partial charge >= 0.3 is 0 Å². The molecule has 0 radical (unpaired) electrons.